The second-order valence-electron chi connectivity index (χ2n) is 8.41. The van der Waals surface area contributed by atoms with Gasteiger partial charge >= 0.3 is 0 Å². The highest BCUT2D eigenvalue weighted by molar-refractivity contribution is 5.77. The molecule has 1 aromatic heterocycles. The average Bonchev–Trinajstić information content (AvgIpc) is 3.16. The Morgan fingerprint density at radius 1 is 0.871 bits per heavy atom. The maximum Gasteiger partial charge on any atom is 0.220 e. The Morgan fingerprint density at radius 3 is 2.32 bits per heavy atom. The van der Waals surface area contributed by atoms with Crippen LogP contribution < -0.4 is 5.32 Å². The van der Waals surface area contributed by atoms with Crippen molar-refractivity contribution in [2.45, 2.75) is 84.2 Å². The van der Waals surface area contributed by atoms with Crippen LogP contribution in [0.15, 0.2) is 54.6 Å². The molecule has 3 rings (SSSR count). The molecule has 4 nitrogen and oxygen atoms in total. The van der Waals surface area contributed by atoms with Gasteiger partial charge in [-0.2, -0.15) is 0 Å². The minimum atomic E-state index is 0.0783. The molecule has 3 aromatic rings. The molecule has 0 aliphatic carbocycles. The quantitative estimate of drug-likeness (QED) is 0.306. The highest BCUT2D eigenvalue weighted by Gasteiger charge is 2.11. The number of carbonyl (C=O) groups excluding carboxylic acids is 1. The summed E-state index contributed by atoms with van der Waals surface area (Å²) in [6.07, 6.45) is 11.7. The van der Waals surface area contributed by atoms with E-state index < -0.39 is 0 Å². The largest absolute Gasteiger partial charge is 0.349 e. The first-order valence-corrected chi connectivity index (χ1v) is 12.0. The van der Waals surface area contributed by atoms with Gasteiger partial charge < -0.3 is 9.88 Å². The minimum absolute atomic E-state index is 0.0783. The molecule has 0 saturated heterocycles. The fraction of sp³-hybridized carbons (Fsp3) is 0.481. The lowest BCUT2D eigenvalue weighted by atomic mass is 10.1. The molecule has 0 spiro atoms. The number of hydrogen-bond donors (Lipinski definition) is 1. The minimum Gasteiger partial charge on any atom is -0.349 e. The zero-order valence-electron chi connectivity index (χ0n) is 19.0. The van der Waals surface area contributed by atoms with Crippen LogP contribution in [0.3, 0.4) is 0 Å². The van der Waals surface area contributed by atoms with E-state index in [0.29, 0.717) is 13.0 Å². The second kappa shape index (κ2) is 12.9. The van der Waals surface area contributed by atoms with E-state index in [1.54, 1.807) is 0 Å². The number of nitrogens with one attached hydrogen (secondary N) is 1. The van der Waals surface area contributed by atoms with Crippen LogP contribution in [0.1, 0.15) is 76.1 Å². The number of rotatable bonds is 14. The molecule has 31 heavy (non-hydrogen) atoms. The molecule has 1 heterocycles. The number of nitrogens with zero attached hydrogens (tertiary/aromatic N) is 2. The van der Waals surface area contributed by atoms with Crippen LogP contribution in [-0.2, 0) is 24.3 Å². The summed E-state index contributed by atoms with van der Waals surface area (Å²) >= 11 is 0. The van der Waals surface area contributed by atoms with Crippen LogP contribution in [0.4, 0.5) is 0 Å². The number of para-hydroxylation sites is 2. The van der Waals surface area contributed by atoms with Gasteiger partial charge in [-0.25, -0.2) is 4.98 Å². The summed E-state index contributed by atoms with van der Waals surface area (Å²) in [6.45, 7) is 3.71. The summed E-state index contributed by atoms with van der Waals surface area (Å²) in [5, 5.41) is 3.08. The predicted molar refractivity (Wildman–Crippen MR) is 129 cm³/mol. The van der Waals surface area contributed by atoms with Gasteiger partial charge in [0.05, 0.1) is 17.6 Å². The Kier molecular flexibility index (Phi) is 9.62. The third kappa shape index (κ3) is 7.54. The van der Waals surface area contributed by atoms with Crippen molar-refractivity contribution >= 4 is 16.9 Å². The maximum absolute atomic E-state index is 12.4. The van der Waals surface area contributed by atoms with Gasteiger partial charge in [-0.1, -0.05) is 94.3 Å². The highest BCUT2D eigenvalue weighted by atomic mass is 16.1. The summed E-state index contributed by atoms with van der Waals surface area (Å²) in [6, 6.07) is 18.4. The van der Waals surface area contributed by atoms with Crippen LogP contribution in [0.2, 0.25) is 0 Å². The Bertz CT molecular complexity index is 917. The number of aromatic nitrogens is 2. The number of imidazole rings is 1. The van der Waals surface area contributed by atoms with Crippen molar-refractivity contribution in [3.05, 3.63) is 66.0 Å². The number of amides is 1. The van der Waals surface area contributed by atoms with E-state index >= 15 is 0 Å². The van der Waals surface area contributed by atoms with Crippen molar-refractivity contribution in [3.63, 3.8) is 0 Å². The van der Waals surface area contributed by atoms with Gasteiger partial charge in [-0.05, 0) is 30.5 Å². The Morgan fingerprint density at radius 2 is 1.55 bits per heavy atom. The van der Waals surface area contributed by atoms with Gasteiger partial charge in [0.2, 0.25) is 5.91 Å². The lowest BCUT2D eigenvalue weighted by Gasteiger charge is -2.10. The zero-order valence-corrected chi connectivity index (χ0v) is 19.0. The fourth-order valence-electron chi connectivity index (χ4n) is 4.08. The van der Waals surface area contributed by atoms with Crippen LogP contribution >= 0.6 is 0 Å². The number of unbranched alkanes of at least 4 members (excludes halogenated alkanes) is 7. The topological polar surface area (TPSA) is 46.9 Å². The molecule has 0 atom stereocenters. The Hall–Kier alpha value is -2.62. The highest BCUT2D eigenvalue weighted by Crippen LogP contribution is 2.18. The molecule has 0 bridgehead atoms. The fourth-order valence-corrected chi connectivity index (χ4v) is 4.08. The van der Waals surface area contributed by atoms with Crippen molar-refractivity contribution in [1.82, 2.24) is 14.9 Å². The molecule has 166 valence electrons. The van der Waals surface area contributed by atoms with E-state index in [9.17, 15) is 4.79 Å². The Balaban J connectivity index is 1.49. The van der Waals surface area contributed by atoms with Crippen molar-refractivity contribution in [2.75, 3.05) is 0 Å². The number of hydrogen-bond acceptors (Lipinski definition) is 2. The SMILES string of the molecule is CCCCCCCCCCn1c(CNC(=O)CCc2ccccc2)nc2ccccc21. The molecule has 2 aromatic carbocycles. The van der Waals surface area contributed by atoms with Gasteiger partial charge in [0.1, 0.15) is 5.82 Å². The maximum atomic E-state index is 12.4. The average molecular weight is 420 g/mol. The van der Waals surface area contributed by atoms with E-state index in [4.69, 9.17) is 4.98 Å². The van der Waals surface area contributed by atoms with Crippen molar-refractivity contribution in [2.24, 2.45) is 0 Å². The molecular formula is C27H37N3O. The molecule has 0 aliphatic heterocycles. The number of carbonyl (C=O) groups is 1. The van der Waals surface area contributed by atoms with Crippen molar-refractivity contribution in [3.8, 4) is 0 Å². The monoisotopic (exact) mass is 419 g/mol. The summed E-state index contributed by atoms with van der Waals surface area (Å²) in [5.74, 6) is 1.03. The van der Waals surface area contributed by atoms with Crippen molar-refractivity contribution in [1.29, 1.82) is 0 Å². The standard InChI is InChI=1S/C27H37N3O/c1-2-3-4-5-6-7-8-14-21-30-25-18-13-12-17-24(25)29-26(30)22-28-27(31)20-19-23-15-10-9-11-16-23/h9-13,15-18H,2-8,14,19-22H2,1H3,(H,28,31). The summed E-state index contributed by atoms with van der Waals surface area (Å²) in [7, 11) is 0. The van der Waals surface area contributed by atoms with Crippen LogP contribution in [0.5, 0.6) is 0 Å². The molecule has 1 N–H and O–H groups in total. The Labute approximate surface area is 187 Å². The van der Waals surface area contributed by atoms with Gasteiger partial charge in [0, 0.05) is 13.0 Å². The van der Waals surface area contributed by atoms with Crippen LogP contribution in [-0.4, -0.2) is 15.5 Å². The molecule has 4 heteroatoms. The van der Waals surface area contributed by atoms with Crippen LogP contribution in [0.25, 0.3) is 11.0 Å². The van der Waals surface area contributed by atoms with Gasteiger partial charge in [-0.15, -0.1) is 0 Å². The molecule has 0 radical (unpaired) electrons. The first-order valence-electron chi connectivity index (χ1n) is 12.0. The van der Waals surface area contributed by atoms with Gasteiger partial charge in [0.15, 0.2) is 0 Å². The van der Waals surface area contributed by atoms with E-state index in [-0.39, 0.29) is 5.91 Å². The number of aryl methyl sites for hydroxylation is 2. The molecule has 0 unspecified atom stereocenters. The number of fused-ring (bicyclic) bond motifs is 1. The van der Waals surface area contributed by atoms with Crippen molar-refractivity contribution < 1.29 is 4.79 Å². The van der Waals surface area contributed by atoms with E-state index in [1.807, 2.05) is 24.3 Å². The summed E-state index contributed by atoms with van der Waals surface area (Å²) in [5.41, 5.74) is 3.37. The van der Waals surface area contributed by atoms with E-state index in [2.05, 4.69) is 47.1 Å². The molecule has 0 saturated carbocycles. The predicted octanol–water partition coefficient (Wildman–Crippen LogP) is 6.43. The van der Waals surface area contributed by atoms with Gasteiger partial charge in [-0.3, -0.25) is 4.79 Å². The first-order chi connectivity index (χ1) is 15.3. The molecule has 0 fully saturated rings. The van der Waals surface area contributed by atoms with Gasteiger partial charge in [0.25, 0.3) is 0 Å². The van der Waals surface area contributed by atoms with Crippen LogP contribution in [0, 0.1) is 0 Å². The summed E-state index contributed by atoms with van der Waals surface area (Å²) < 4.78 is 2.30. The molecule has 1 amide bonds. The first kappa shape index (κ1) is 23.1. The molecular weight excluding hydrogens is 382 g/mol. The third-order valence-electron chi connectivity index (χ3n) is 5.90. The van der Waals surface area contributed by atoms with E-state index in [1.165, 1.54) is 56.0 Å². The summed E-state index contributed by atoms with van der Waals surface area (Å²) in [4.78, 5) is 17.2. The zero-order chi connectivity index (χ0) is 21.7. The lowest BCUT2D eigenvalue weighted by molar-refractivity contribution is -0.121. The normalized spacial score (nSPS) is 11.1. The third-order valence-corrected chi connectivity index (χ3v) is 5.90. The smallest absolute Gasteiger partial charge is 0.220 e. The number of benzene rings is 2. The molecule has 0 aliphatic rings. The lowest BCUT2D eigenvalue weighted by Crippen LogP contribution is -2.25. The second-order valence-corrected chi connectivity index (χ2v) is 8.41. The van der Waals surface area contributed by atoms with E-state index in [0.717, 1.165) is 30.7 Å².